The fraction of sp³-hybridized carbons (Fsp3) is 0.0938. The highest BCUT2D eigenvalue weighted by Crippen LogP contribution is 2.38. The zero-order chi connectivity index (χ0) is 45.6. The predicted molar refractivity (Wildman–Crippen MR) is 291 cm³/mol. The molecule has 0 spiro atoms. The van der Waals surface area contributed by atoms with Gasteiger partial charge in [0, 0.05) is 16.7 Å². The molecule has 0 unspecified atom stereocenters. The van der Waals surface area contributed by atoms with Crippen molar-refractivity contribution < 1.29 is 0 Å². The Balaban J connectivity index is 1.15. The maximum Gasteiger partial charge on any atom is 0.179 e. The average Bonchev–Trinajstić information content (AvgIpc) is 3.43. The Morgan fingerprint density at radius 3 is 0.985 bits per heavy atom. The largest absolute Gasteiger partial charge is 0.228 e. The van der Waals surface area contributed by atoms with E-state index in [2.05, 4.69) is 261 Å². The van der Waals surface area contributed by atoms with E-state index in [4.69, 9.17) is 9.97 Å². The van der Waals surface area contributed by atoms with Gasteiger partial charge in [-0.1, -0.05) is 274 Å². The van der Waals surface area contributed by atoms with Gasteiger partial charge < -0.3 is 0 Å². The third-order valence-electron chi connectivity index (χ3n) is 14.4. The molecular weight excluding hydrogens is 853 g/mol. The van der Waals surface area contributed by atoms with Gasteiger partial charge in [0.15, 0.2) is 22.0 Å². The summed E-state index contributed by atoms with van der Waals surface area (Å²) >= 11 is 0. The summed E-state index contributed by atoms with van der Waals surface area (Å²) in [6.07, 6.45) is 6.22. The lowest BCUT2D eigenvalue weighted by Crippen LogP contribution is -2.74. The Bertz CT molecular complexity index is 2870. The van der Waals surface area contributed by atoms with Crippen molar-refractivity contribution in [2.45, 2.75) is 38.0 Å². The van der Waals surface area contributed by atoms with E-state index < -0.39 is 16.1 Å². The molecule has 0 aliphatic heterocycles. The average molecular weight is 907 g/mol. The lowest BCUT2D eigenvalue weighted by atomic mass is 9.82. The van der Waals surface area contributed by atoms with Crippen LogP contribution in [0.5, 0.6) is 0 Å². The Hall–Kier alpha value is -7.51. The summed E-state index contributed by atoms with van der Waals surface area (Å²) in [6.45, 7) is 0. The molecule has 9 aromatic carbocycles. The zero-order valence-electron chi connectivity index (χ0n) is 38.3. The van der Waals surface area contributed by atoms with E-state index in [1.54, 1.807) is 0 Å². The molecule has 1 aliphatic carbocycles. The van der Waals surface area contributed by atoms with Crippen LogP contribution in [0.25, 0.3) is 33.9 Å². The molecule has 4 heteroatoms. The summed E-state index contributed by atoms with van der Waals surface area (Å²) in [5.41, 5.74) is 6.51. The Labute approximate surface area is 403 Å². The van der Waals surface area contributed by atoms with Crippen molar-refractivity contribution in [3.63, 3.8) is 0 Å². The number of nitrogens with zero attached hydrogens (tertiary/aromatic N) is 2. The summed E-state index contributed by atoms with van der Waals surface area (Å²) < 4.78 is 0. The molecule has 10 aromatic rings. The highest BCUT2D eigenvalue weighted by Gasteiger charge is 2.43. The van der Waals surface area contributed by atoms with Crippen LogP contribution < -0.4 is 41.5 Å². The molecule has 0 N–H and O–H groups in total. The second kappa shape index (κ2) is 19.4. The minimum Gasteiger partial charge on any atom is -0.228 e. The minimum atomic E-state index is -2.81. The Morgan fingerprint density at radius 2 is 0.618 bits per heavy atom. The van der Waals surface area contributed by atoms with Crippen molar-refractivity contribution in [2.75, 3.05) is 0 Å². The molecular formula is C64H54N2Si2. The Morgan fingerprint density at radius 1 is 0.294 bits per heavy atom. The third kappa shape index (κ3) is 8.00. The van der Waals surface area contributed by atoms with Crippen LogP contribution in [0.3, 0.4) is 0 Å². The molecule has 11 rings (SSSR count). The van der Waals surface area contributed by atoms with Crippen LogP contribution in [-0.2, 0) is 0 Å². The van der Waals surface area contributed by atoms with Gasteiger partial charge in [-0.05, 0) is 71.9 Å². The molecule has 68 heavy (non-hydrogen) atoms. The topological polar surface area (TPSA) is 25.8 Å². The van der Waals surface area contributed by atoms with E-state index in [9.17, 15) is 0 Å². The number of benzene rings is 9. The summed E-state index contributed by atoms with van der Waals surface area (Å²) in [5, 5.41) is 10.7. The first kappa shape index (κ1) is 43.1. The molecule has 0 atom stereocenters. The molecule has 0 saturated heterocycles. The Kier molecular flexibility index (Phi) is 12.3. The molecule has 2 nitrogen and oxygen atoms in total. The quantitative estimate of drug-likeness (QED) is 0.0902. The SMILES string of the molecule is c1ccc([Si](c2ccccc2)(c2ccccc2)c2cccc(-c3cc(-c4cccc([Si](c5ccccc5)(c5ccccc5)c5ccccc5)c4)nc(-c4ccccc4C4CCCCC4)n3)c2)cc1. The smallest absolute Gasteiger partial charge is 0.179 e. The van der Waals surface area contributed by atoms with E-state index >= 15 is 0 Å². The first-order valence-electron chi connectivity index (χ1n) is 24.3. The van der Waals surface area contributed by atoms with Crippen LogP contribution in [0.4, 0.5) is 0 Å². The summed E-state index contributed by atoms with van der Waals surface area (Å²) in [5.74, 6) is 1.27. The van der Waals surface area contributed by atoms with Crippen LogP contribution in [0.1, 0.15) is 43.6 Å². The number of hydrogen-bond acceptors (Lipinski definition) is 2. The molecule has 1 aliphatic rings. The maximum atomic E-state index is 5.62. The van der Waals surface area contributed by atoms with Gasteiger partial charge in [0.25, 0.3) is 0 Å². The van der Waals surface area contributed by atoms with Gasteiger partial charge in [0.05, 0.1) is 11.4 Å². The first-order valence-corrected chi connectivity index (χ1v) is 28.3. The van der Waals surface area contributed by atoms with Gasteiger partial charge in [0.1, 0.15) is 0 Å². The molecule has 1 heterocycles. The second-order valence-corrected chi connectivity index (χ2v) is 25.9. The van der Waals surface area contributed by atoms with Crippen LogP contribution in [0.2, 0.25) is 0 Å². The van der Waals surface area contributed by atoms with E-state index in [0.29, 0.717) is 5.92 Å². The lowest BCUT2D eigenvalue weighted by Gasteiger charge is -2.34. The van der Waals surface area contributed by atoms with Gasteiger partial charge in [-0.3, -0.25) is 0 Å². The maximum absolute atomic E-state index is 5.62. The van der Waals surface area contributed by atoms with E-state index in [-0.39, 0.29) is 0 Å². The van der Waals surface area contributed by atoms with Gasteiger partial charge in [-0.25, -0.2) is 9.97 Å². The van der Waals surface area contributed by atoms with Crippen molar-refractivity contribution in [1.29, 1.82) is 0 Å². The van der Waals surface area contributed by atoms with Gasteiger partial charge in [-0.15, -0.1) is 0 Å². The highest BCUT2D eigenvalue weighted by atomic mass is 28.3. The van der Waals surface area contributed by atoms with E-state index in [1.807, 2.05) is 0 Å². The summed E-state index contributed by atoms with van der Waals surface area (Å²) in [6, 6.07) is 96.9. The van der Waals surface area contributed by atoms with Crippen molar-refractivity contribution in [1.82, 2.24) is 9.97 Å². The van der Waals surface area contributed by atoms with E-state index in [1.165, 1.54) is 79.2 Å². The molecule has 328 valence electrons. The standard InChI is InChI=1S/C64H54N2Si2/c1-8-26-49(27-9-1)60-44-22-23-45-61(60)64-65-62(50-28-24-42-58(46-50)67(52-30-10-2-11-31-52,53-32-12-3-13-33-53)54-34-14-4-15-35-54)48-63(66-64)51-29-25-43-59(47-51)68(55-36-16-5-17-37-55,56-38-18-6-19-39-56)57-40-20-7-21-41-57/h2-7,10-25,28-49H,1,8-9,26-27H2. The van der Waals surface area contributed by atoms with Gasteiger partial charge >= 0.3 is 0 Å². The fourth-order valence-electron chi connectivity index (χ4n) is 11.3. The molecule has 1 saturated carbocycles. The second-order valence-electron chi connectivity index (χ2n) is 18.2. The number of hydrogen-bond donors (Lipinski definition) is 0. The zero-order valence-corrected chi connectivity index (χ0v) is 40.3. The van der Waals surface area contributed by atoms with Crippen LogP contribution in [0, 0.1) is 0 Å². The molecule has 0 radical (unpaired) electrons. The fourth-order valence-corrected chi connectivity index (χ4v) is 20.9. The lowest BCUT2D eigenvalue weighted by molar-refractivity contribution is 0.444. The van der Waals surface area contributed by atoms with E-state index in [0.717, 1.165) is 33.9 Å². The van der Waals surface area contributed by atoms with Crippen LogP contribution in [0.15, 0.2) is 261 Å². The molecule has 1 aromatic heterocycles. The highest BCUT2D eigenvalue weighted by molar-refractivity contribution is 7.20. The summed E-state index contributed by atoms with van der Waals surface area (Å²) in [7, 11) is -5.63. The van der Waals surface area contributed by atoms with Crippen molar-refractivity contribution >= 4 is 57.6 Å². The first-order chi connectivity index (χ1) is 33.7. The minimum absolute atomic E-state index is 0.491. The van der Waals surface area contributed by atoms with Gasteiger partial charge in [-0.2, -0.15) is 0 Å². The van der Waals surface area contributed by atoms with Gasteiger partial charge in [0.2, 0.25) is 0 Å². The van der Waals surface area contributed by atoms with Crippen LogP contribution in [-0.4, -0.2) is 26.1 Å². The predicted octanol–water partition coefficient (Wildman–Crippen LogP) is 10.3. The normalized spacial score (nSPS) is 13.2. The molecule has 1 fully saturated rings. The van der Waals surface area contributed by atoms with Crippen molar-refractivity contribution in [3.05, 3.63) is 266 Å². The van der Waals surface area contributed by atoms with Crippen LogP contribution >= 0.6 is 0 Å². The van der Waals surface area contributed by atoms with Crippen molar-refractivity contribution in [3.8, 4) is 33.9 Å². The summed E-state index contributed by atoms with van der Waals surface area (Å²) in [4.78, 5) is 11.2. The van der Waals surface area contributed by atoms with Crippen molar-refractivity contribution in [2.24, 2.45) is 0 Å². The number of rotatable bonds is 12. The molecule has 0 amide bonds. The monoisotopic (exact) mass is 906 g/mol. The third-order valence-corrected chi connectivity index (χ3v) is 23.9. The number of aromatic nitrogens is 2. The molecule has 0 bridgehead atoms.